The highest BCUT2D eigenvalue weighted by molar-refractivity contribution is 7.10. The van der Waals surface area contributed by atoms with Crippen molar-refractivity contribution in [3.05, 3.63) is 44.8 Å². The monoisotopic (exact) mass is 336 g/mol. The van der Waals surface area contributed by atoms with Gasteiger partial charge in [0.1, 0.15) is 0 Å². The number of urea groups is 1. The lowest BCUT2D eigenvalue weighted by Gasteiger charge is -2.25. The molecule has 2 heterocycles. The molecule has 0 aliphatic carbocycles. The zero-order valence-electron chi connectivity index (χ0n) is 13.5. The predicted octanol–water partition coefficient (Wildman–Crippen LogP) is 5.20. The second kappa shape index (κ2) is 7.79. The van der Waals surface area contributed by atoms with Gasteiger partial charge in [-0.2, -0.15) is 0 Å². The predicted molar refractivity (Wildman–Crippen MR) is 95.5 cm³/mol. The Morgan fingerprint density at radius 1 is 0.864 bits per heavy atom. The zero-order valence-corrected chi connectivity index (χ0v) is 15.1. The maximum absolute atomic E-state index is 12.5. The van der Waals surface area contributed by atoms with Crippen LogP contribution in [0.4, 0.5) is 4.79 Å². The molecule has 120 valence electrons. The molecule has 0 saturated carbocycles. The number of hydrogen-bond acceptors (Lipinski definition) is 3. The van der Waals surface area contributed by atoms with E-state index in [2.05, 4.69) is 50.5 Å². The number of rotatable bonds is 6. The van der Waals surface area contributed by atoms with Crippen molar-refractivity contribution in [1.82, 2.24) is 10.6 Å². The van der Waals surface area contributed by atoms with Gasteiger partial charge in [0, 0.05) is 9.75 Å². The maximum Gasteiger partial charge on any atom is 0.315 e. The van der Waals surface area contributed by atoms with Gasteiger partial charge in [0.15, 0.2) is 0 Å². The Hall–Kier alpha value is -1.33. The molecule has 2 aromatic rings. The van der Waals surface area contributed by atoms with Crippen LogP contribution in [0.3, 0.4) is 0 Å². The zero-order chi connectivity index (χ0) is 16.1. The molecule has 3 nitrogen and oxygen atoms in total. The van der Waals surface area contributed by atoms with Crippen LogP contribution in [0.2, 0.25) is 0 Å². The van der Waals surface area contributed by atoms with Crippen LogP contribution in [0.1, 0.15) is 49.5 Å². The standard InChI is InChI=1S/C17H24N2OS2/c1-11(2)15(13-7-5-9-21-13)18-17(20)19-16(12(3)4)14-8-6-10-22-14/h5-12,15-16H,1-4H3,(H2,18,19,20)/t15-,16+. The number of hydrogen-bond donors (Lipinski definition) is 2. The Labute approximate surface area is 140 Å². The van der Waals surface area contributed by atoms with Crippen molar-refractivity contribution in [3.8, 4) is 0 Å². The SMILES string of the molecule is CC(C)[C@H](NC(=O)N[C@@H](c1cccs1)C(C)C)c1cccs1. The first-order valence-corrected chi connectivity index (χ1v) is 9.38. The number of carbonyl (C=O) groups excluding carboxylic acids is 1. The average Bonchev–Trinajstić information content (AvgIpc) is 3.14. The van der Waals surface area contributed by atoms with Gasteiger partial charge in [-0.05, 0) is 34.7 Å². The highest BCUT2D eigenvalue weighted by Gasteiger charge is 2.23. The largest absolute Gasteiger partial charge is 0.330 e. The number of thiophene rings is 2. The van der Waals surface area contributed by atoms with Gasteiger partial charge in [0.05, 0.1) is 12.1 Å². The Morgan fingerprint density at radius 3 is 1.55 bits per heavy atom. The summed E-state index contributed by atoms with van der Waals surface area (Å²) in [6, 6.07) is 8.21. The minimum atomic E-state index is -0.0980. The van der Waals surface area contributed by atoms with Crippen LogP contribution in [0.15, 0.2) is 35.0 Å². The summed E-state index contributed by atoms with van der Waals surface area (Å²) in [7, 11) is 0. The van der Waals surface area contributed by atoms with E-state index in [9.17, 15) is 4.79 Å². The lowest BCUT2D eigenvalue weighted by atomic mass is 10.0. The highest BCUT2D eigenvalue weighted by atomic mass is 32.1. The van der Waals surface area contributed by atoms with Crippen LogP contribution in [-0.2, 0) is 0 Å². The average molecular weight is 337 g/mol. The van der Waals surface area contributed by atoms with Gasteiger partial charge in [-0.1, -0.05) is 39.8 Å². The van der Waals surface area contributed by atoms with Crippen LogP contribution in [0.25, 0.3) is 0 Å². The van der Waals surface area contributed by atoms with Gasteiger partial charge < -0.3 is 10.6 Å². The molecule has 0 saturated heterocycles. The minimum Gasteiger partial charge on any atom is -0.330 e. The molecule has 0 unspecified atom stereocenters. The second-order valence-corrected chi connectivity index (χ2v) is 8.05. The van der Waals surface area contributed by atoms with E-state index in [0.717, 1.165) is 0 Å². The fourth-order valence-corrected chi connectivity index (χ4v) is 4.29. The van der Waals surface area contributed by atoms with Crippen molar-refractivity contribution in [2.45, 2.75) is 39.8 Å². The Kier molecular flexibility index (Phi) is 6.03. The van der Waals surface area contributed by atoms with Crippen LogP contribution >= 0.6 is 22.7 Å². The number of carbonyl (C=O) groups is 1. The third-order valence-electron chi connectivity index (χ3n) is 3.61. The molecule has 0 bridgehead atoms. The van der Waals surface area contributed by atoms with Crippen molar-refractivity contribution in [3.63, 3.8) is 0 Å². The quantitative estimate of drug-likeness (QED) is 0.747. The topological polar surface area (TPSA) is 41.1 Å². The van der Waals surface area contributed by atoms with Crippen LogP contribution in [0, 0.1) is 11.8 Å². The van der Waals surface area contributed by atoms with Gasteiger partial charge >= 0.3 is 6.03 Å². The third-order valence-corrected chi connectivity index (χ3v) is 5.52. The summed E-state index contributed by atoms with van der Waals surface area (Å²) < 4.78 is 0. The molecule has 0 radical (unpaired) electrons. The fourth-order valence-electron chi connectivity index (χ4n) is 2.39. The Balaban J connectivity index is 2.04. The minimum absolute atomic E-state index is 0.0520. The molecule has 2 rings (SSSR count). The van der Waals surface area contributed by atoms with Gasteiger partial charge in [-0.3, -0.25) is 0 Å². The normalized spacial score (nSPS) is 14.1. The molecule has 0 spiro atoms. The van der Waals surface area contributed by atoms with Crippen molar-refractivity contribution >= 4 is 28.7 Å². The third kappa shape index (κ3) is 4.34. The smallest absolute Gasteiger partial charge is 0.315 e. The summed E-state index contributed by atoms with van der Waals surface area (Å²) in [5, 5.41) is 10.4. The van der Waals surface area contributed by atoms with Crippen LogP contribution < -0.4 is 10.6 Å². The van der Waals surface area contributed by atoms with Crippen molar-refractivity contribution < 1.29 is 4.79 Å². The van der Waals surface area contributed by atoms with E-state index in [1.54, 1.807) is 22.7 Å². The first kappa shape index (κ1) is 17.0. The maximum atomic E-state index is 12.5. The fraction of sp³-hybridized carbons (Fsp3) is 0.471. The summed E-state index contributed by atoms with van der Waals surface area (Å²) in [5.41, 5.74) is 0. The van der Waals surface area contributed by atoms with Gasteiger partial charge in [0.25, 0.3) is 0 Å². The van der Waals surface area contributed by atoms with Gasteiger partial charge in [-0.15, -0.1) is 22.7 Å². The molecule has 2 amide bonds. The molecule has 5 heteroatoms. The first-order valence-electron chi connectivity index (χ1n) is 7.63. The van der Waals surface area contributed by atoms with Crippen molar-refractivity contribution in [2.24, 2.45) is 11.8 Å². The highest BCUT2D eigenvalue weighted by Crippen LogP contribution is 2.28. The molecule has 2 aromatic heterocycles. The van der Waals surface area contributed by atoms with Crippen molar-refractivity contribution in [2.75, 3.05) is 0 Å². The molecule has 0 fully saturated rings. The molecule has 0 aliphatic heterocycles. The summed E-state index contributed by atoms with van der Waals surface area (Å²) in [4.78, 5) is 14.8. The van der Waals surface area contributed by atoms with E-state index in [4.69, 9.17) is 0 Å². The Bertz CT molecular complexity index is 511. The Morgan fingerprint density at radius 2 is 1.27 bits per heavy atom. The molecule has 2 N–H and O–H groups in total. The summed E-state index contributed by atoms with van der Waals surface area (Å²) in [6.45, 7) is 8.52. The van der Waals surface area contributed by atoms with Gasteiger partial charge in [-0.25, -0.2) is 4.79 Å². The van der Waals surface area contributed by atoms with E-state index < -0.39 is 0 Å². The molecule has 2 atom stereocenters. The lowest BCUT2D eigenvalue weighted by molar-refractivity contribution is 0.226. The second-order valence-electron chi connectivity index (χ2n) is 6.09. The summed E-state index contributed by atoms with van der Waals surface area (Å²) in [6.07, 6.45) is 0. The van der Waals surface area contributed by atoms with Crippen LogP contribution in [-0.4, -0.2) is 6.03 Å². The summed E-state index contributed by atoms with van der Waals surface area (Å²) in [5.74, 6) is 0.701. The number of amides is 2. The molecule has 0 aromatic carbocycles. The lowest BCUT2D eigenvalue weighted by Crippen LogP contribution is -2.42. The number of nitrogens with one attached hydrogen (secondary N) is 2. The van der Waals surface area contributed by atoms with E-state index in [1.807, 2.05) is 22.9 Å². The molecular formula is C17H24N2OS2. The van der Waals surface area contributed by atoms with Crippen molar-refractivity contribution in [1.29, 1.82) is 0 Å². The van der Waals surface area contributed by atoms with E-state index in [-0.39, 0.29) is 18.1 Å². The van der Waals surface area contributed by atoms with E-state index in [1.165, 1.54) is 9.75 Å². The first-order chi connectivity index (χ1) is 10.5. The van der Waals surface area contributed by atoms with Gasteiger partial charge in [0.2, 0.25) is 0 Å². The van der Waals surface area contributed by atoms with E-state index in [0.29, 0.717) is 11.8 Å². The van der Waals surface area contributed by atoms with E-state index >= 15 is 0 Å². The molecule has 0 aliphatic rings. The summed E-state index contributed by atoms with van der Waals surface area (Å²) >= 11 is 3.37. The molecular weight excluding hydrogens is 312 g/mol. The van der Waals surface area contributed by atoms with Crippen LogP contribution in [0.5, 0.6) is 0 Å². The molecule has 22 heavy (non-hydrogen) atoms.